The average Bonchev–Trinajstić information content (AvgIpc) is 3.05. The van der Waals surface area contributed by atoms with E-state index in [1.807, 2.05) is 23.6 Å². The Labute approximate surface area is 157 Å². The third kappa shape index (κ3) is 3.44. The van der Waals surface area contributed by atoms with Gasteiger partial charge in [-0.05, 0) is 42.0 Å². The number of aliphatic imine (C=N–C) groups is 1. The topological polar surface area (TPSA) is 16.2 Å². The molecule has 26 heavy (non-hydrogen) atoms. The summed E-state index contributed by atoms with van der Waals surface area (Å²) in [5.41, 5.74) is 2.31. The largest absolute Gasteiger partial charge is 0.257 e. The van der Waals surface area contributed by atoms with E-state index in [2.05, 4.69) is 89.3 Å². The van der Waals surface area contributed by atoms with E-state index in [4.69, 9.17) is 0 Å². The van der Waals surface area contributed by atoms with E-state index in [1.165, 1.54) is 26.0 Å². The van der Waals surface area contributed by atoms with Crippen LogP contribution in [-0.4, -0.2) is 6.21 Å². The van der Waals surface area contributed by atoms with Gasteiger partial charge in [0.05, 0.1) is 12.1 Å². The Kier molecular flexibility index (Phi) is 4.89. The standard InChI is InChI=1S/C23H21N2S/c1-2-25-21-11-5-6-12-22(21)26-23(25)13-7-8-16-24-20-15-14-18-9-3-4-10-19(18)17-20/h3-12,14-17H,2,13H2,1H3/q+1. The zero-order chi connectivity index (χ0) is 17.8. The summed E-state index contributed by atoms with van der Waals surface area (Å²) in [6.45, 7) is 3.20. The van der Waals surface area contributed by atoms with Crippen molar-refractivity contribution in [3.8, 4) is 0 Å². The molecule has 0 saturated carbocycles. The van der Waals surface area contributed by atoms with E-state index in [-0.39, 0.29) is 0 Å². The average molecular weight is 358 g/mol. The molecule has 0 aliphatic rings. The summed E-state index contributed by atoms with van der Waals surface area (Å²) in [6.07, 6.45) is 7.03. The minimum absolute atomic E-state index is 0.928. The van der Waals surface area contributed by atoms with E-state index < -0.39 is 0 Å². The monoisotopic (exact) mass is 357 g/mol. The van der Waals surface area contributed by atoms with Crippen molar-refractivity contribution in [3.63, 3.8) is 0 Å². The fourth-order valence-corrected chi connectivity index (χ4v) is 4.40. The lowest BCUT2D eigenvalue weighted by molar-refractivity contribution is -0.670. The van der Waals surface area contributed by atoms with Gasteiger partial charge in [0.2, 0.25) is 10.5 Å². The molecule has 0 saturated heterocycles. The van der Waals surface area contributed by atoms with Crippen LogP contribution < -0.4 is 4.57 Å². The second-order valence-corrected chi connectivity index (χ2v) is 7.26. The first-order chi connectivity index (χ1) is 12.8. The van der Waals surface area contributed by atoms with Gasteiger partial charge >= 0.3 is 0 Å². The molecule has 0 aliphatic heterocycles. The van der Waals surface area contributed by atoms with Crippen LogP contribution in [0, 0.1) is 0 Å². The fourth-order valence-electron chi connectivity index (χ4n) is 3.20. The molecule has 0 amide bonds. The summed E-state index contributed by atoms with van der Waals surface area (Å²) >= 11 is 1.87. The van der Waals surface area contributed by atoms with Crippen LogP contribution >= 0.6 is 11.3 Å². The Balaban J connectivity index is 1.47. The molecule has 4 rings (SSSR count). The second-order valence-electron chi connectivity index (χ2n) is 6.15. The summed E-state index contributed by atoms with van der Waals surface area (Å²) in [6, 6.07) is 23.3. The number of thiazole rings is 1. The highest BCUT2D eigenvalue weighted by Gasteiger charge is 2.16. The van der Waals surface area contributed by atoms with Crippen molar-refractivity contribution in [2.45, 2.75) is 19.9 Å². The quantitative estimate of drug-likeness (QED) is 0.314. The lowest BCUT2D eigenvalue weighted by Crippen LogP contribution is -2.34. The van der Waals surface area contributed by atoms with Crippen LogP contribution in [-0.2, 0) is 13.0 Å². The van der Waals surface area contributed by atoms with Gasteiger partial charge in [0, 0.05) is 12.3 Å². The number of aromatic nitrogens is 1. The Bertz CT molecular complexity index is 1110. The number of aryl methyl sites for hydroxylation is 1. The van der Waals surface area contributed by atoms with Crippen molar-refractivity contribution in [1.29, 1.82) is 0 Å². The molecule has 0 bridgehead atoms. The van der Waals surface area contributed by atoms with Crippen LogP contribution in [0.25, 0.3) is 21.0 Å². The third-order valence-electron chi connectivity index (χ3n) is 4.47. The molecule has 0 spiro atoms. The van der Waals surface area contributed by atoms with Gasteiger partial charge in [0.25, 0.3) is 0 Å². The minimum Gasteiger partial charge on any atom is -0.257 e. The molecule has 0 N–H and O–H groups in total. The summed E-state index contributed by atoms with van der Waals surface area (Å²) < 4.78 is 3.74. The van der Waals surface area contributed by atoms with E-state index in [9.17, 15) is 0 Å². The number of benzene rings is 3. The molecule has 1 aromatic heterocycles. The maximum atomic E-state index is 4.56. The normalized spacial score (nSPS) is 12.0. The molecule has 1 heterocycles. The van der Waals surface area contributed by atoms with Gasteiger partial charge in [-0.25, -0.2) is 0 Å². The van der Waals surface area contributed by atoms with E-state index in [0.717, 1.165) is 18.7 Å². The molecular formula is C23H21N2S+. The van der Waals surface area contributed by atoms with Crippen LogP contribution in [0.4, 0.5) is 5.69 Å². The number of allylic oxidation sites excluding steroid dienone is 2. The van der Waals surface area contributed by atoms with Gasteiger partial charge < -0.3 is 0 Å². The van der Waals surface area contributed by atoms with Gasteiger partial charge in [-0.2, -0.15) is 4.57 Å². The molecule has 0 unspecified atom stereocenters. The third-order valence-corrected chi connectivity index (χ3v) is 5.66. The maximum absolute atomic E-state index is 4.56. The van der Waals surface area contributed by atoms with Crippen LogP contribution in [0.3, 0.4) is 0 Å². The summed E-state index contributed by atoms with van der Waals surface area (Å²) in [5, 5.41) is 3.85. The molecule has 0 atom stereocenters. The van der Waals surface area contributed by atoms with E-state index >= 15 is 0 Å². The number of rotatable bonds is 5. The molecule has 0 radical (unpaired) electrons. The molecule has 0 aliphatic carbocycles. The molecule has 3 heteroatoms. The van der Waals surface area contributed by atoms with Gasteiger partial charge in [0.1, 0.15) is 11.2 Å². The molecule has 3 aromatic carbocycles. The number of hydrogen-bond acceptors (Lipinski definition) is 2. The van der Waals surface area contributed by atoms with Crippen LogP contribution in [0.2, 0.25) is 0 Å². The van der Waals surface area contributed by atoms with Crippen molar-refractivity contribution < 1.29 is 4.57 Å². The maximum Gasteiger partial charge on any atom is 0.242 e. The fraction of sp³-hybridized carbons (Fsp3) is 0.130. The SMILES string of the molecule is CC[n+]1c(CC=CC=Nc2ccc3ccccc3c2)sc2ccccc21. The van der Waals surface area contributed by atoms with Gasteiger partial charge in [0.15, 0.2) is 0 Å². The molecule has 4 aromatic rings. The lowest BCUT2D eigenvalue weighted by atomic mass is 10.1. The first-order valence-corrected chi connectivity index (χ1v) is 9.75. The van der Waals surface area contributed by atoms with Gasteiger partial charge in [-0.3, -0.25) is 4.99 Å². The highest BCUT2D eigenvalue weighted by atomic mass is 32.1. The van der Waals surface area contributed by atoms with Crippen molar-refractivity contribution in [2.75, 3.05) is 0 Å². The smallest absolute Gasteiger partial charge is 0.242 e. The molecule has 2 nitrogen and oxygen atoms in total. The predicted octanol–water partition coefficient (Wildman–Crippen LogP) is 5.86. The number of para-hydroxylation sites is 1. The number of fused-ring (bicyclic) bond motifs is 2. The molecule has 128 valence electrons. The van der Waals surface area contributed by atoms with E-state index in [0.29, 0.717) is 0 Å². The summed E-state index contributed by atoms with van der Waals surface area (Å²) in [5.74, 6) is 0. The molecule has 0 fully saturated rings. The van der Waals surface area contributed by atoms with Crippen LogP contribution in [0.1, 0.15) is 11.9 Å². The Hall–Kier alpha value is -2.78. The van der Waals surface area contributed by atoms with Crippen molar-refractivity contribution >= 4 is 44.2 Å². The first kappa shape index (κ1) is 16.7. The number of nitrogens with zero attached hydrogens (tertiary/aromatic N) is 2. The second kappa shape index (κ2) is 7.63. The van der Waals surface area contributed by atoms with E-state index in [1.54, 1.807) is 0 Å². The summed E-state index contributed by atoms with van der Waals surface area (Å²) in [7, 11) is 0. The Morgan fingerprint density at radius 3 is 2.65 bits per heavy atom. The minimum atomic E-state index is 0.928. The zero-order valence-electron chi connectivity index (χ0n) is 14.8. The van der Waals surface area contributed by atoms with Crippen molar-refractivity contribution in [1.82, 2.24) is 0 Å². The zero-order valence-corrected chi connectivity index (χ0v) is 15.6. The molecular weight excluding hydrogens is 336 g/mol. The predicted molar refractivity (Wildman–Crippen MR) is 113 cm³/mol. The van der Waals surface area contributed by atoms with Gasteiger partial charge in [-0.1, -0.05) is 59.9 Å². The van der Waals surface area contributed by atoms with Crippen LogP contribution in [0.15, 0.2) is 83.9 Å². The number of hydrogen-bond donors (Lipinski definition) is 0. The Morgan fingerprint density at radius 1 is 0.962 bits per heavy atom. The van der Waals surface area contributed by atoms with Crippen molar-refractivity contribution in [2.24, 2.45) is 4.99 Å². The Morgan fingerprint density at radius 2 is 1.77 bits per heavy atom. The van der Waals surface area contributed by atoms with Crippen LogP contribution in [0.5, 0.6) is 0 Å². The lowest BCUT2D eigenvalue weighted by Gasteiger charge is -1.98. The first-order valence-electron chi connectivity index (χ1n) is 8.93. The summed E-state index contributed by atoms with van der Waals surface area (Å²) in [4.78, 5) is 4.56. The highest BCUT2D eigenvalue weighted by molar-refractivity contribution is 7.18. The van der Waals surface area contributed by atoms with Crippen molar-refractivity contribution in [3.05, 3.63) is 83.9 Å². The van der Waals surface area contributed by atoms with Gasteiger partial charge in [-0.15, -0.1) is 0 Å². The highest BCUT2D eigenvalue weighted by Crippen LogP contribution is 2.21.